The monoisotopic (exact) mass is 185 g/mol. The van der Waals surface area contributed by atoms with Gasteiger partial charge in [-0.25, -0.2) is 0 Å². The molecule has 0 aliphatic heterocycles. The van der Waals surface area contributed by atoms with Crippen LogP contribution in [-0.4, -0.2) is 25.3 Å². The van der Waals surface area contributed by atoms with E-state index in [9.17, 15) is 0 Å². The van der Waals surface area contributed by atoms with Crippen molar-refractivity contribution in [3.8, 4) is 0 Å². The van der Waals surface area contributed by atoms with Gasteiger partial charge in [-0.2, -0.15) is 0 Å². The normalized spacial score (nSPS) is 23.3. The highest BCUT2D eigenvalue weighted by Crippen LogP contribution is 2.36. The maximum atomic E-state index is 5.74. The van der Waals surface area contributed by atoms with Crippen LogP contribution in [0.2, 0.25) is 0 Å². The Morgan fingerprint density at radius 2 is 1.92 bits per heavy atom. The lowest BCUT2D eigenvalue weighted by Gasteiger charge is -2.36. The van der Waals surface area contributed by atoms with Crippen molar-refractivity contribution in [3.05, 3.63) is 0 Å². The Bertz CT molecular complexity index is 141. The van der Waals surface area contributed by atoms with E-state index < -0.39 is 0 Å². The maximum absolute atomic E-state index is 5.74. The van der Waals surface area contributed by atoms with Gasteiger partial charge in [0, 0.05) is 13.2 Å². The summed E-state index contributed by atoms with van der Waals surface area (Å²) in [6.45, 7) is 5.46. The summed E-state index contributed by atoms with van der Waals surface area (Å²) in [6.07, 6.45) is 6.29. The molecule has 0 bridgehead atoms. The highest BCUT2D eigenvalue weighted by molar-refractivity contribution is 4.95. The molecule has 13 heavy (non-hydrogen) atoms. The molecule has 0 aromatic rings. The van der Waals surface area contributed by atoms with Crippen LogP contribution in [0.15, 0.2) is 0 Å². The Kier molecular flexibility index (Phi) is 4.20. The Balaban J connectivity index is 2.60. The van der Waals surface area contributed by atoms with E-state index in [2.05, 4.69) is 19.2 Å². The summed E-state index contributed by atoms with van der Waals surface area (Å²) in [5.41, 5.74) is 0.144. The topological polar surface area (TPSA) is 21.3 Å². The number of nitrogens with one attached hydrogen (secondary N) is 1. The van der Waals surface area contributed by atoms with E-state index in [0.717, 1.165) is 6.54 Å². The van der Waals surface area contributed by atoms with E-state index in [1.807, 2.05) is 7.11 Å². The molecule has 78 valence electrons. The number of methoxy groups -OCH3 is 1. The van der Waals surface area contributed by atoms with Crippen molar-refractivity contribution in [2.75, 3.05) is 13.7 Å². The van der Waals surface area contributed by atoms with Gasteiger partial charge in [-0.05, 0) is 25.8 Å². The third-order valence-corrected chi connectivity index (χ3v) is 3.35. The van der Waals surface area contributed by atoms with Crippen molar-refractivity contribution in [3.63, 3.8) is 0 Å². The Hall–Kier alpha value is -0.0800. The first-order valence-electron chi connectivity index (χ1n) is 5.57. The average Bonchev–Trinajstić information content (AvgIpc) is 2.63. The summed E-state index contributed by atoms with van der Waals surface area (Å²) < 4.78 is 5.74. The molecule has 0 aromatic heterocycles. The molecule has 1 aliphatic rings. The third-order valence-electron chi connectivity index (χ3n) is 3.35. The number of likely N-dealkylation sites (N-methyl/N-ethyl adjacent to an activating group) is 1. The van der Waals surface area contributed by atoms with E-state index >= 15 is 0 Å². The van der Waals surface area contributed by atoms with Crippen LogP contribution in [0, 0.1) is 0 Å². The molecule has 0 saturated heterocycles. The second kappa shape index (κ2) is 4.97. The zero-order valence-electron chi connectivity index (χ0n) is 9.23. The average molecular weight is 185 g/mol. The van der Waals surface area contributed by atoms with Crippen molar-refractivity contribution in [2.24, 2.45) is 0 Å². The first-order valence-corrected chi connectivity index (χ1v) is 5.57. The molecule has 1 unspecified atom stereocenters. The van der Waals surface area contributed by atoms with Gasteiger partial charge in [0.1, 0.15) is 0 Å². The van der Waals surface area contributed by atoms with Gasteiger partial charge >= 0.3 is 0 Å². The van der Waals surface area contributed by atoms with Gasteiger partial charge in [0.05, 0.1) is 5.60 Å². The Labute approximate surface area is 82.0 Å². The molecule has 1 rings (SSSR count). The lowest BCUT2D eigenvalue weighted by atomic mass is 9.90. The van der Waals surface area contributed by atoms with Gasteiger partial charge in [0.25, 0.3) is 0 Å². The molecule has 1 fully saturated rings. The van der Waals surface area contributed by atoms with Crippen LogP contribution < -0.4 is 5.32 Å². The minimum Gasteiger partial charge on any atom is -0.377 e. The minimum absolute atomic E-state index is 0.144. The number of hydrogen-bond acceptors (Lipinski definition) is 2. The summed E-state index contributed by atoms with van der Waals surface area (Å²) in [5, 5.41) is 3.54. The minimum atomic E-state index is 0.144. The molecule has 0 radical (unpaired) electrons. The van der Waals surface area contributed by atoms with Crippen molar-refractivity contribution < 1.29 is 4.74 Å². The van der Waals surface area contributed by atoms with Crippen LogP contribution in [0.25, 0.3) is 0 Å². The first kappa shape index (κ1) is 11.0. The van der Waals surface area contributed by atoms with E-state index in [4.69, 9.17) is 4.74 Å². The van der Waals surface area contributed by atoms with Crippen LogP contribution in [0.1, 0.15) is 46.0 Å². The second-order valence-corrected chi connectivity index (χ2v) is 3.99. The van der Waals surface area contributed by atoms with E-state index in [-0.39, 0.29) is 5.60 Å². The standard InChI is InChI=1S/C11H23NO/c1-4-10(12-5-2)11(13-3)8-6-7-9-11/h10,12H,4-9H2,1-3H3. The molecule has 2 nitrogen and oxygen atoms in total. The van der Waals surface area contributed by atoms with Crippen molar-refractivity contribution in [1.82, 2.24) is 5.32 Å². The lowest BCUT2D eigenvalue weighted by molar-refractivity contribution is -0.0361. The fraction of sp³-hybridized carbons (Fsp3) is 1.00. The number of rotatable bonds is 5. The summed E-state index contributed by atoms with van der Waals surface area (Å²) >= 11 is 0. The zero-order valence-corrected chi connectivity index (χ0v) is 9.23. The molecule has 0 spiro atoms. The van der Waals surface area contributed by atoms with Crippen LogP contribution in [0.5, 0.6) is 0 Å². The molecule has 0 heterocycles. The molecular weight excluding hydrogens is 162 g/mol. The molecule has 1 aliphatic carbocycles. The number of ether oxygens (including phenoxy) is 1. The highest BCUT2D eigenvalue weighted by atomic mass is 16.5. The fourth-order valence-electron chi connectivity index (χ4n) is 2.62. The molecule has 2 heteroatoms. The van der Waals surface area contributed by atoms with E-state index in [0.29, 0.717) is 6.04 Å². The molecule has 1 saturated carbocycles. The maximum Gasteiger partial charge on any atom is 0.0830 e. The third kappa shape index (κ3) is 2.23. The fourth-order valence-corrected chi connectivity index (χ4v) is 2.62. The summed E-state index contributed by atoms with van der Waals surface area (Å²) in [6, 6.07) is 0.546. The largest absolute Gasteiger partial charge is 0.377 e. The van der Waals surface area contributed by atoms with Gasteiger partial charge in [0.15, 0.2) is 0 Å². The molecule has 1 N–H and O–H groups in total. The van der Waals surface area contributed by atoms with E-state index in [1.54, 1.807) is 0 Å². The lowest BCUT2D eigenvalue weighted by Crippen LogP contribution is -2.50. The van der Waals surface area contributed by atoms with Crippen molar-refractivity contribution in [1.29, 1.82) is 0 Å². The van der Waals surface area contributed by atoms with Gasteiger partial charge < -0.3 is 10.1 Å². The van der Waals surface area contributed by atoms with Crippen molar-refractivity contribution in [2.45, 2.75) is 57.6 Å². The van der Waals surface area contributed by atoms with Gasteiger partial charge in [-0.1, -0.05) is 26.7 Å². The highest BCUT2D eigenvalue weighted by Gasteiger charge is 2.39. The second-order valence-electron chi connectivity index (χ2n) is 3.99. The molecule has 0 aromatic carbocycles. The first-order chi connectivity index (χ1) is 6.29. The quantitative estimate of drug-likeness (QED) is 0.710. The predicted octanol–water partition coefficient (Wildman–Crippen LogP) is 2.33. The Morgan fingerprint density at radius 1 is 1.31 bits per heavy atom. The van der Waals surface area contributed by atoms with Gasteiger partial charge in [0.2, 0.25) is 0 Å². The SMILES string of the molecule is CCNC(CC)C1(OC)CCCC1. The molecule has 0 amide bonds. The van der Waals surface area contributed by atoms with Gasteiger partial charge in [-0.15, -0.1) is 0 Å². The molecule has 1 atom stereocenters. The van der Waals surface area contributed by atoms with Crippen LogP contribution in [0.3, 0.4) is 0 Å². The predicted molar refractivity (Wildman–Crippen MR) is 56.0 cm³/mol. The van der Waals surface area contributed by atoms with Gasteiger partial charge in [-0.3, -0.25) is 0 Å². The molecular formula is C11H23NO. The summed E-state index contributed by atoms with van der Waals surface area (Å²) in [4.78, 5) is 0. The smallest absolute Gasteiger partial charge is 0.0830 e. The van der Waals surface area contributed by atoms with Crippen LogP contribution in [-0.2, 0) is 4.74 Å². The van der Waals surface area contributed by atoms with Crippen LogP contribution >= 0.6 is 0 Å². The van der Waals surface area contributed by atoms with Crippen LogP contribution in [0.4, 0.5) is 0 Å². The summed E-state index contributed by atoms with van der Waals surface area (Å²) in [5.74, 6) is 0. The Morgan fingerprint density at radius 3 is 2.31 bits per heavy atom. The van der Waals surface area contributed by atoms with Crippen molar-refractivity contribution >= 4 is 0 Å². The zero-order chi connectivity index (χ0) is 9.73. The van der Waals surface area contributed by atoms with E-state index in [1.165, 1.54) is 32.1 Å². The number of hydrogen-bond donors (Lipinski definition) is 1. The summed E-state index contributed by atoms with van der Waals surface area (Å²) in [7, 11) is 1.87.